The lowest BCUT2D eigenvalue weighted by molar-refractivity contribution is -0.164. The molecule has 3 fully saturated rings. The van der Waals surface area contributed by atoms with Crippen LogP contribution in [0.4, 0.5) is 0 Å². The van der Waals surface area contributed by atoms with E-state index in [9.17, 15) is 5.11 Å². The zero-order valence-corrected chi connectivity index (χ0v) is 19.1. The van der Waals surface area contributed by atoms with E-state index < -0.39 is 0 Å². The van der Waals surface area contributed by atoms with E-state index in [1.54, 1.807) is 7.11 Å². The zero-order chi connectivity index (χ0) is 22.0. The Hall–Kier alpha value is -2.05. The Labute approximate surface area is 183 Å². The summed E-state index contributed by atoms with van der Waals surface area (Å²) in [6.45, 7) is 9.33. The molecule has 2 heterocycles. The molecule has 2 aromatic rings. The number of fused-ring (bicyclic) bond motifs is 1. The molecule has 1 aliphatic heterocycles. The molecule has 1 saturated heterocycles. The van der Waals surface area contributed by atoms with Crippen LogP contribution in [-0.4, -0.2) is 30.1 Å². The topological polar surface area (TPSA) is 74.0 Å². The zero-order valence-electron chi connectivity index (χ0n) is 19.1. The normalized spacial score (nSPS) is 33.4. The first-order valence-electron chi connectivity index (χ1n) is 11.3. The molecule has 6 heteroatoms. The largest absolute Gasteiger partial charge is 0.493 e. The second kappa shape index (κ2) is 7.24. The molecule has 0 amide bonds. The molecule has 168 valence electrons. The van der Waals surface area contributed by atoms with Gasteiger partial charge in [0.25, 0.3) is 0 Å². The number of benzene rings is 1. The Morgan fingerprint density at radius 1 is 1.23 bits per heavy atom. The third-order valence-electron chi connectivity index (χ3n) is 8.50. The SMILES string of the molecule is COc1cc([C@H]2OCCC34C[C@@H](C[C@H]23)C(C)(C)[C@H]4O)ccc1OCc1c(C)noc1C. The molecule has 2 aliphatic carbocycles. The summed E-state index contributed by atoms with van der Waals surface area (Å²) >= 11 is 0. The molecule has 5 rings (SSSR count). The van der Waals surface area contributed by atoms with E-state index in [1.165, 1.54) is 0 Å². The second-order valence-corrected chi connectivity index (χ2v) is 10.2. The summed E-state index contributed by atoms with van der Waals surface area (Å²) in [5.41, 5.74) is 2.87. The van der Waals surface area contributed by atoms with Crippen LogP contribution in [0.15, 0.2) is 22.7 Å². The van der Waals surface area contributed by atoms with Crippen LogP contribution in [0, 0.1) is 36.5 Å². The van der Waals surface area contributed by atoms with E-state index in [2.05, 4.69) is 25.1 Å². The average molecular weight is 428 g/mol. The van der Waals surface area contributed by atoms with Crippen LogP contribution in [0.2, 0.25) is 0 Å². The molecular formula is C25H33NO5. The van der Waals surface area contributed by atoms with Crippen LogP contribution in [0.3, 0.4) is 0 Å². The minimum absolute atomic E-state index is 0.00796. The number of aryl methyl sites for hydroxylation is 2. The molecule has 6 nitrogen and oxygen atoms in total. The smallest absolute Gasteiger partial charge is 0.161 e. The van der Waals surface area contributed by atoms with Gasteiger partial charge in [0.15, 0.2) is 11.5 Å². The van der Waals surface area contributed by atoms with Gasteiger partial charge in [0.05, 0.1) is 30.6 Å². The summed E-state index contributed by atoms with van der Waals surface area (Å²) < 4.78 is 23.2. The molecule has 2 saturated carbocycles. The van der Waals surface area contributed by atoms with Crippen LogP contribution in [-0.2, 0) is 11.3 Å². The number of nitrogens with zero attached hydrogens (tertiary/aromatic N) is 1. The van der Waals surface area contributed by atoms with E-state index in [-0.39, 0.29) is 23.0 Å². The summed E-state index contributed by atoms with van der Waals surface area (Å²) in [5, 5.41) is 15.2. The third-order valence-corrected chi connectivity index (χ3v) is 8.50. The molecular weight excluding hydrogens is 394 g/mol. The summed E-state index contributed by atoms with van der Waals surface area (Å²) in [5.74, 6) is 3.04. The van der Waals surface area contributed by atoms with Crippen LogP contribution in [0.25, 0.3) is 0 Å². The molecule has 1 spiro atoms. The molecule has 3 aliphatic rings. The Morgan fingerprint density at radius 3 is 2.71 bits per heavy atom. The van der Waals surface area contributed by atoms with Gasteiger partial charge in [-0.3, -0.25) is 0 Å². The lowest BCUT2D eigenvalue weighted by Gasteiger charge is -2.51. The van der Waals surface area contributed by atoms with Gasteiger partial charge in [-0.25, -0.2) is 0 Å². The van der Waals surface area contributed by atoms with Crippen molar-refractivity contribution in [1.29, 1.82) is 0 Å². The number of aliphatic hydroxyl groups excluding tert-OH is 1. The van der Waals surface area contributed by atoms with E-state index in [0.29, 0.717) is 36.5 Å². The van der Waals surface area contributed by atoms with Crippen molar-refractivity contribution in [3.8, 4) is 11.5 Å². The Balaban J connectivity index is 1.39. The van der Waals surface area contributed by atoms with E-state index in [4.69, 9.17) is 18.7 Å². The van der Waals surface area contributed by atoms with Gasteiger partial charge in [-0.05, 0) is 68.1 Å². The van der Waals surface area contributed by atoms with Crippen molar-refractivity contribution < 1.29 is 23.8 Å². The van der Waals surface area contributed by atoms with Crippen LogP contribution in [0.1, 0.15) is 61.8 Å². The average Bonchev–Trinajstić information content (AvgIpc) is 3.37. The van der Waals surface area contributed by atoms with E-state index >= 15 is 0 Å². The number of ether oxygens (including phenoxy) is 3. The van der Waals surface area contributed by atoms with Gasteiger partial charge in [0, 0.05) is 12.0 Å². The van der Waals surface area contributed by atoms with Crippen molar-refractivity contribution in [2.24, 2.45) is 22.7 Å². The van der Waals surface area contributed by atoms with Gasteiger partial charge in [-0.1, -0.05) is 25.1 Å². The standard InChI is InChI=1S/C25H33NO5/c1-14-18(15(2)31-26-14)13-30-20-7-6-16(10-21(20)28-5)22-19-11-17-12-25(19,8-9-29-22)23(27)24(17,3)4/h6-7,10,17,19,22-23,27H,8-9,11-13H2,1-5H3/t17-,19-,22-,23-,25?/m1/s1. The summed E-state index contributed by atoms with van der Waals surface area (Å²) in [6, 6.07) is 6.08. The monoisotopic (exact) mass is 427 g/mol. The first kappa shape index (κ1) is 20.8. The highest BCUT2D eigenvalue weighted by atomic mass is 16.5. The van der Waals surface area contributed by atoms with Crippen LogP contribution >= 0.6 is 0 Å². The number of aromatic nitrogens is 1. The molecule has 1 aromatic carbocycles. The minimum atomic E-state index is -0.269. The predicted octanol–water partition coefficient (Wildman–Crippen LogP) is 4.75. The molecule has 0 radical (unpaired) electrons. The second-order valence-electron chi connectivity index (χ2n) is 10.2. The predicted molar refractivity (Wildman–Crippen MR) is 115 cm³/mol. The van der Waals surface area contributed by atoms with Gasteiger partial charge in [0.1, 0.15) is 12.4 Å². The number of hydrogen-bond acceptors (Lipinski definition) is 6. The van der Waals surface area contributed by atoms with Gasteiger partial charge >= 0.3 is 0 Å². The Morgan fingerprint density at radius 2 is 2.03 bits per heavy atom. The highest BCUT2D eigenvalue weighted by molar-refractivity contribution is 5.44. The summed E-state index contributed by atoms with van der Waals surface area (Å²) in [4.78, 5) is 0. The van der Waals surface area contributed by atoms with E-state index in [1.807, 2.05) is 26.0 Å². The molecule has 1 N–H and O–H groups in total. The lowest BCUT2D eigenvalue weighted by atomic mass is 9.60. The van der Waals surface area contributed by atoms with Crippen molar-refractivity contribution >= 4 is 0 Å². The summed E-state index contributed by atoms with van der Waals surface area (Å²) in [7, 11) is 1.66. The number of hydrogen-bond donors (Lipinski definition) is 1. The number of methoxy groups -OCH3 is 1. The maximum absolute atomic E-state index is 11.2. The van der Waals surface area contributed by atoms with Gasteiger partial charge < -0.3 is 23.8 Å². The van der Waals surface area contributed by atoms with E-state index in [0.717, 1.165) is 41.8 Å². The highest BCUT2D eigenvalue weighted by Crippen LogP contribution is 2.70. The van der Waals surface area contributed by atoms with Gasteiger partial charge in [0.2, 0.25) is 0 Å². The van der Waals surface area contributed by atoms with Crippen molar-refractivity contribution in [2.45, 2.75) is 65.8 Å². The first-order chi connectivity index (χ1) is 14.8. The van der Waals surface area contributed by atoms with Crippen molar-refractivity contribution in [3.05, 3.63) is 40.8 Å². The Bertz CT molecular complexity index is 963. The molecule has 1 unspecified atom stereocenters. The fourth-order valence-corrected chi connectivity index (χ4v) is 6.59. The number of aliphatic hydroxyl groups is 1. The first-order valence-corrected chi connectivity index (χ1v) is 11.3. The fourth-order valence-electron chi connectivity index (χ4n) is 6.59. The van der Waals surface area contributed by atoms with Crippen LogP contribution < -0.4 is 9.47 Å². The van der Waals surface area contributed by atoms with Gasteiger partial charge in [-0.2, -0.15) is 0 Å². The maximum Gasteiger partial charge on any atom is 0.161 e. The molecule has 1 aromatic heterocycles. The van der Waals surface area contributed by atoms with Crippen molar-refractivity contribution in [3.63, 3.8) is 0 Å². The van der Waals surface area contributed by atoms with Crippen LogP contribution in [0.5, 0.6) is 11.5 Å². The molecule has 5 atom stereocenters. The quantitative estimate of drug-likeness (QED) is 0.742. The maximum atomic E-state index is 11.2. The third kappa shape index (κ3) is 3.02. The lowest BCUT2D eigenvalue weighted by Crippen LogP contribution is -2.51. The highest BCUT2D eigenvalue weighted by Gasteiger charge is 2.68. The minimum Gasteiger partial charge on any atom is -0.493 e. The fraction of sp³-hybridized carbons (Fsp3) is 0.640. The molecule has 2 bridgehead atoms. The Kier molecular flexibility index (Phi) is 4.87. The van der Waals surface area contributed by atoms with Crippen molar-refractivity contribution in [1.82, 2.24) is 5.16 Å². The van der Waals surface area contributed by atoms with Crippen molar-refractivity contribution in [2.75, 3.05) is 13.7 Å². The molecule has 31 heavy (non-hydrogen) atoms. The van der Waals surface area contributed by atoms with Gasteiger partial charge in [-0.15, -0.1) is 0 Å². The number of rotatable bonds is 5. The summed E-state index contributed by atoms with van der Waals surface area (Å²) in [6.07, 6.45) is 2.89.